The van der Waals surface area contributed by atoms with E-state index >= 15 is 0 Å². The maximum atomic E-state index is 11.8. The molecule has 0 nitrogen and oxygen atoms in total. The van der Waals surface area contributed by atoms with Gasteiger partial charge >= 0.3 is 5.51 Å². The first-order chi connectivity index (χ1) is 6.49. The molecule has 0 fully saturated rings. The number of alkyl halides is 3. The van der Waals surface area contributed by atoms with E-state index in [1.807, 2.05) is 13.0 Å². The summed E-state index contributed by atoms with van der Waals surface area (Å²) < 4.78 is 35.3. The smallest absolute Gasteiger partial charge is 0.160 e. The molecule has 0 bridgehead atoms. The molecule has 0 atom stereocenters. The third kappa shape index (κ3) is 8.48. The molecule has 0 saturated carbocycles. The quantitative estimate of drug-likeness (QED) is 0.464. The van der Waals surface area contributed by atoms with Crippen molar-refractivity contribution in [3.8, 4) is 0 Å². The van der Waals surface area contributed by atoms with Gasteiger partial charge in [0.2, 0.25) is 0 Å². The van der Waals surface area contributed by atoms with E-state index in [2.05, 4.69) is 6.92 Å². The first-order valence-electron chi connectivity index (χ1n) is 4.88. The van der Waals surface area contributed by atoms with E-state index < -0.39 is 5.51 Å². The maximum absolute atomic E-state index is 11.8. The van der Waals surface area contributed by atoms with Crippen LogP contribution in [0.25, 0.3) is 0 Å². The molecule has 0 radical (unpaired) electrons. The van der Waals surface area contributed by atoms with E-state index in [4.69, 9.17) is 0 Å². The summed E-state index contributed by atoms with van der Waals surface area (Å²) in [4.78, 5) is 0. The molecule has 0 aliphatic rings. The number of allylic oxidation sites excluding steroid dienone is 2. The molecule has 0 heterocycles. The van der Waals surface area contributed by atoms with Gasteiger partial charge in [0.15, 0.2) is 0 Å². The molecule has 0 aliphatic carbocycles. The highest BCUT2D eigenvalue weighted by molar-refractivity contribution is 8.00. The molecular weight excluding hydrogens is 209 g/mol. The summed E-state index contributed by atoms with van der Waals surface area (Å²) >= 11 is 0.0595. The van der Waals surface area contributed by atoms with Gasteiger partial charge in [-0.05, 0) is 19.3 Å². The zero-order chi connectivity index (χ0) is 11.0. The second-order valence-corrected chi connectivity index (χ2v) is 4.21. The van der Waals surface area contributed by atoms with Gasteiger partial charge in [0.05, 0.1) is 0 Å². The van der Waals surface area contributed by atoms with Crippen LogP contribution >= 0.6 is 11.8 Å². The molecule has 0 aromatic heterocycles. The van der Waals surface area contributed by atoms with Crippen molar-refractivity contribution >= 4 is 11.8 Å². The molecule has 0 aromatic carbocycles. The van der Waals surface area contributed by atoms with Gasteiger partial charge in [0.1, 0.15) is 0 Å². The van der Waals surface area contributed by atoms with Crippen molar-refractivity contribution in [2.75, 3.05) is 5.75 Å². The van der Waals surface area contributed by atoms with E-state index in [0.29, 0.717) is 6.42 Å². The van der Waals surface area contributed by atoms with Crippen LogP contribution in [0.4, 0.5) is 13.2 Å². The predicted octanol–water partition coefficient (Wildman–Crippen LogP) is 4.77. The van der Waals surface area contributed by atoms with Crippen LogP contribution in [0, 0.1) is 0 Å². The molecule has 0 aliphatic heterocycles. The molecular formula is C10H17F3S. The Morgan fingerprint density at radius 3 is 2.36 bits per heavy atom. The monoisotopic (exact) mass is 226 g/mol. The molecule has 0 amide bonds. The van der Waals surface area contributed by atoms with Crippen LogP contribution < -0.4 is 0 Å². The largest absolute Gasteiger partial charge is 0.441 e. The first kappa shape index (κ1) is 13.9. The summed E-state index contributed by atoms with van der Waals surface area (Å²) in [6.07, 6.45) is 5.49. The van der Waals surface area contributed by atoms with E-state index in [-0.39, 0.29) is 17.5 Å². The van der Waals surface area contributed by atoms with Gasteiger partial charge < -0.3 is 0 Å². The first-order valence-corrected chi connectivity index (χ1v) is 5.86. The van der Waals surface area contributed by atoms with E-state index in [9.17, 15) is 13.2 Å². The van der Waals surface area contributed by atoms with E-state index in [1.165, 1.54) is 5.57 Å². The van der Waals surface area contributed by atoms with Crippen molar-refractivity contribution in [1.29, 1.82) is 0 Å². The van der Waals surface area contributed by atoms with Gasteiger partial charge in [-0.2, -0.15) is 13.2 Å². The summed E-state index contributed by atoms with van der Waals surface area (Å²) in [7, 11) is 0. The van der Waals surface area contributed by atoms with Gasteiger partial charge in [-0.25, -0.2) is 0 Å². The van der Waals surface area contributed by atoms with Crippen molar-refractivity contribution in [2.45, 2.75) is 45.0 Å². The van der Waals surface area contributed by atoms with Crippen LogP contribution in [0.5, 0.6) is 0 Å². The minimum absolute atomic E-state index is 0.0595. The molecule has 14 heavy (non-hydrogen) atoms. The van der Waals surface area contributed by atoms with Crippen molar-refractivity contribution in [3.05, 3.63) is 11.6 Å². The number of rotatable bonds is 6. The highest BCUT2D eigenvalue weighted by atomic mass is 32.2. The Morgan fingerprint density at radius 2 is 1.93 bits per heavy atom. The zero-order valence-corrected chi connectivity index (χ0v) is 9.47. The van der Waals surface area contributed by atoms with Crippen molar-refractivity contribution in [3.63, 3.8) is 0 Å². The lowest BCUT2D eigenvalue weighted by Gasteiger charge is -2.05. The number of halogens is 3. The minimum atomic E-state index is -4.08. The Balaban J connectivity index is 3.68. The molecule has 0 saturated heterocycles. The second-order valence-electron chi connectivity index (χ2n) is 3.05. The fraction of sp³-hybridized carbons (Fsp3) is 0.800. The van der Waals surface area contributed by atoms with Gasteiger partial charge in [0.25, 0.3) is 0 Å². The van der Waals surface area contributed by atoms with Crippen LogP contribution in [0.15, 0.2) is 11.6 Å². The zero-order valence-electron chi connectivity index (χ0n) is 8.66. The van der Waals surface area contributed by atoms with Crippen molar-refractivity contribution in [2.24, 2.45) is 0 Å². The summed E-state index contributed by atoms with van der Waals surface area (Å²) in [6.45, 7) is 4.12. The van der Waals surface area contributed by atoms with Gasteiger partial charge in [0, 0.05) is 5.75 Å². The molecule has 84 valence electrons. The Morgan fingerprint density at radius 1 is 1.29 bits per heavy atom. The number of hydrogen-bond acceptors (Lipinski definition) is 1. The van der Waals surface area contributed by atoms with Crippen LogP contribution in [-0.4, -0.2) is 11.3 Å². The van der Waals surface area contributed by atoms with Crippen LogP contribution in [0.1, 0.15) is 39.5 Å². The van der Waals surface area contributed by atoms with Crippen LogP contribution in [0.2, 0.25) is 0 Å². The Labute approximate surface area is 88.0 Å². The molecule has 0 aromatic rings. The normalized spacial score (nSPS) is 13.4. The fourth-order valence-corrected chi connectivity index (χ4v) is 1.65. The molecule has 4 heteroatoms. The summed E-state index contributed by atoms with van der Waals surface area (Å²) in [5.74, 6) is 0.136. The Hall–Kier alpha value is -0.120. The van der Waals surface area contributed by atoms with E-state index in [1.54, 1.807) is 0 Å². The summed E-state index contributed by atoms with van der Waals surface area (Å²) in [5.41, 5.74) is -2.80. The summed E-state index contributed by atoms with van der Waals surface area (Å²) in [6, 6.07) is 0. The average molecular weight is 226 g/mol. The van der Waals surface area contributed by atoms with Crippen LogP contribution in [-0.2, 0) is 0 Å². The number of hydrogen-bond donors (Lipinski definition) is 0. The standard InChI is InChI=1S/C10H17F3S/c1-3-6-9(4-2)7-5-8-14-10(11,12)13/h7H,3-6,8H2,1-2H3/b9-7+. The van der Waals surface area contributed by atoms with Crippen LogP contribution in [0.3, 0.4) is 0 Å². The maximum Gasteiger partial charge on any atom is 0.441 e. The topological polar surface area (TPSA) is 0 Å². The van der Waals surface area contributed by atoms with Crippen molar-refractivity contribution in [1.82, 2.24) is 0 Å². The Bertz CT molecular complexity index is 173. The van der Waals surface area contributed by atoms with E-state index in [0.717, 1.165) is 19.3 Å². The fourth-order valence-electron chi connectivity index (χ4n) is 1.18. The van der Waals surface area contributed by atoms with Gasteiger partial charge in [-0.15, -0.1) is 0 Å². The third-order valence-corrected chi connectivity index (χ3v) is 2.61. The molecule has 0 N–H and O–H groups in total. The Kier molecular flexibility index (Phi) is 7.15. The second kappa shape index (κ2) is 7.21. The highest BCUT2D eigenvalue weighted by Gasteiger charge is 2.26. The van der Waals surface area contributed by atoms with Gasteiger partial charge in [-0.3, -0.25) is 0 Å². The lowest BCUT2D eigenvalue weighted by molar-refractivity contribution is -0.0327. The lowest BCUT2D eigenvalue weighted by Crippen LogP contribution is -2.00. The molecule has 0 unspecified atom stereocenters. The van der Waals surface area contributed by atoms with Crippen molar-refractivity contribution < 1.29 is 13.2 Å². The third-order valence-electron chi connectivity index (χ3n) is 1.84. The SMILES string of the molecule is CCC/C(=C/CCSC(F)(F)F)CC. The molecule has 0 spiro atoms. The predicted molar refractivity (Wildman–Crippen MR) is 56.4 cm³/mol. The highest BCUT2D eigenvalue weighted by Crippen LogP contribution is 2.30. The molecule has 0 rings (SSSR count). The summed E-state index contributed by atoms with van der Waals surface area (Å²) in [5, 5.41) is 0. The lowest BCUT2D eigenvalue weighted by atomic mass is 10.1. The van der Waals surface area contributed by atoms with Gasteiger partial charge in [-0.1, -0.05) is 43.7 Å². The minimum Gasteiger partial charge on any atom is -0.160 e. The average Bonchev–Trinajstić information content (AvgIpc) is 2.08. The number of thioether (sulfide) groups is 1.